The Kier molecular flexibility index (Phi) is 3.98. The molecular formula is C17H19N3OS. The molecule has 2 aromatic heterocycles. The van der Waals surface area contributed by atoms with Crippen LogP contribution in [0.25, 0.3) is 10.2 Å². The van der Waals surface area contributed by atoms with Gasteiger partial charge in [0.25, 0.3) is 0 Å². The van der Waals surface area contributed by atoms with Gasteiger partial charge in [0.1, 0.15) is 22.7 Å². The van der Waals surface area contributed by atoms with Gasteiger partial charge in [-0.1, -0.05) is 18.2 Å². The van der Waals surface area contributed by atoms with Gasteiger partial charge in [-0.15, -0.1) is 11.3 Å². The van der Waals surface area contributed by atoms with Crippen molar-refractivity contribution >= 4 is 27.4 Å². The Hall–Kier alpha value is -2.14. The number of anilines is 1. The minimum atomic E-state index is 0.0915. The molecule has 0 spiro atoms. The van der Waals surface area contributed by atoms with Crippen molar-refractivity contribution in [2.24, 2.45) is 0 Å². The van der Waals surface area contributed by atoms with Crippen molar-refractivity contribution in [3.05, 3.63) is 46.6 Å². The van der Waals surface area contributed by atoms with Gasteiger partial charge in [0.2, 0.25) is 0 Å². The van der Waals surface area contributed by atoms with E-state index in [-0.39, 0.29) is 6.04 Å². The summed E-state index contributed by atoms with van der Waals surface area (Å²) in [6.07, 6.45) is 1.62. The summed E-state index contributed by atoms with van der Waals surface area (Å²) in [6, 6.07) is 8.13. The molecule has 1 N–H and O–H groups in total. The van der Waals surface area contributed by atoms with E-state index in [2.05, 4.69) is 42.1 Å². The summed E-state index contributed by atoms with van der Waals surface area (Å²) in [5.41, 5.74) is 2.36. The van der Waals surface area contributed by atoms with Gasteiger partial charge >= 0.3 is 0 Å². The van der Waals surface area contributed by atoms with Crippen LogP contribution in [0.15, 0.2) is 30.6 Å². The number of aromatic nitrogens is 2. The number of fused-ring (bicyclic) bond motifs is 1. The van der Waals surface area contributed by atoms with E-state index in [9.17, 15) is 0 Å². The first kappa shape index (κ1) is 14.8. The summed E-state index contributed by atoms with van der Waals surface area (Å²) < 4.78 is 5.45. The molecule has 0 saturated carbocycles. The maximum atomic E-state index is 5.45. The van der Waals surface area contributed by atoms with Crippen molar-refractivity contribution in [1.82, 2.24) is 9.97 Å². The number of ether oxygens (including phenoxy) is 1. The quantitative estimate of drug-likeness (QED) is 0.771. The van der Waals surface area contributed by atoms with Crippen molar-refractivity contribution < 1.29 is 4.74 Å². The Balaban J connectivity index is 1.99. The Labute approximate surface area is 134 Å². The maximum absolute atomic E-state index is 5.45. The van der Waals surface area contributed by atoms with Crippen molar-refractivity contribution in [2.75, 3.05) is 12.4 Å². The minimum Gasteiger partial charge on any atom is -0.496 e. The number of hydrogen-bond acceptors (Lipinski definition) is 5. The molecule has 0 aliphatic rings. The molecule has 0 fully saturated rings. The van der Waals surface area contributed by atoms with Crippen LogP contribution in [0, 0.1) is 13.8 Å². The Morgan fingerprint density at radius 2 is 1.95 bits per heavy atom. The van der Waals surface area contributed by atoms with E-state index in [1.807, 2.05) is 18.2 Å². The minimum absolute atomic E-state index is 0.0915. The molecule has 1 unspecified atom stereocenters. The molecule has 1 atom stereocenters. The van der Waals surface area contributed by atoms with Crippen LogP contribution in [-0.4, -0.2) is 17.1 Å². The number of para-hydroxylation sites is 1. The summed E-state index contributed by atoms with van der Waals surface area (Å²) in [6.45, 7) is 6.35. The zero-order valence-electron chi connectivity index (χ0n) is 13.2. The fourth-order valence-corrected chi connectivity index (χ4v) is 3.60. The lowest BCUT2D eigenvalue weighted by Gasteiger charge is -2.18. The first-order chi connectivity index (χ1) is 10.6. The van der Waals surface area contributed by atoms with Gasteiger partial charge < -0.3 is 10.1 Å². The van der Waals surface area contributed by atoms with Crippen LogP contribution in [-0.2, 0) is 0 Å². The Morgan fingerprint density at radius 1 is 1.18 bits per heavy atom. The summed E-state index contributed by atoms with van der Waals surface area (Å²) in [5.74, 6) is 1.76. The fraction of sp³-hybridized carbons (Fsp3) is 0.294. The van der Waals surface area contributed by atoms with Crippen LogP contribution in [0.3, 0.4) is 0 Å². The summed E-state index contributed by atoms with van der Waals surface area (Å²) >= 11 is 1.71. The lowest BCUT2D eigenvalue weighted by molar-refractivity contribution is 0.408. The maximum Gasteiger partial charge on any atom is 0.138 e. The third-order valence-electron chi connectivity index (χ3n) is 3.92. The molecule has 4 nitrogen and oxygen atoms in total. The van der Waals surface area contributed by atoms with E-state index in [0.29, 0.717) is 0 Å². The molecule has 0 radical (unpaired) electrons. The zero-order chi connectivity index (χ0) is 15.7. The van der Waals surface area contributed by atoms with E-state index in [1.165, 1.54) is 10.4 Å². The van der Waals surface area contributed by atoms with E-state index in [0.717, 1.165) is 27.3 Å². The van der Waals surface area contributed by atoms with E-state index < -0.39 is 0 Å². The molecule has 22 heavy (non-hydrogen) atoms. The highest BCUT2D eigenvalue weighted by Crippen LogP contribution is 2.35. The number of aryl methyl sites for hydroxylation is 2. The molecule has 0 aliphatic heterocycles. The molecule has 1 aromatic carbocycles. The third kappa shape index (κ3) is 2.52. The highest BCUT2D eigenvalue weighted by atomic mass is 32.1. The molecule has 0 saturated heterocycles. The SMILES string of the molecule is COc1ccccc1C(C)Nc1ncnc2sc(C)c(C)c12. The smallest absolute Gasteiger partial charge is 0.138 e. The van der Waals surface area contributed by atoms with Crippen molar-refractivity contribution in [3.8, 4) is 5.75 Å². The normalized spacial score (nSPS) is 12.4. The summed E-state index contributed by atoms with van der Waals surface area (Å²) in [5, 5.41) is 4.62. The molecule has 0 bridgehead atoms. The zero-order valence-corrected chi connectivity index (χ0v) is 14.0. The second kappa shape index (κ2) is 5.93. The van der Waals surface area contributed by atoms with E-state index in [1.54, 1.807) is 24.8 Å². The molecule has 2 heterocycles. The highest BCUT2D eigenvalue weighted by molar-refractivity contribution is 7.18. The van der Waals surface area contributed by atoms with Crippen LogP contribution in [0.2, 0.25) is 0 Å². The molecule has 3 rings (SSSR count). The van der Waals surface area contributed by atoms with E-state index in [4.69, 9.17) is 4.74 Å². The number of nitrogens with one attached hydrogen (secondary N) is 1. The van der Waals surface area contributed by atoms with Crippen molar-refractivity contribution in [2.45, 2.75) is 26.8 Å². The second-order valence-corrected chi connectivity index (χ2v) is 6.50. The van der Waals surface area contributed by atoms with Gasteiger partial charge in [0.15, 0.2) is 0 Å². The number of benzene rings is 1. The van der Waals surface area contributed by atoms with Crippen LogP contribution in [0.1, 0.15) is 29.0 Å². The van der Waals surface area contributed by atoms with Crippen LogP contribution >= 0.6 is 11.3 Å². The second-order valence-electron chi connectivity index (χ2n) is 5.29. The molecule has 0 amide bonds. The van der Waals surface area contributed by atoms with Gasteiger partial charge in [0.05, 0.1) is 18.5 Å². The van der Waals surface area contributed by atoms with Crippen LogP contribution < -0.4 is 10.1 Å². The molecular weight excluding hydrogens is 294 g/mol. The first-order valence-corrected chi connectivity index (χ1v) is 8.03. The number of thiophene rings is 1. The van der Waals surface area contributed by atoms with Gasteiger partial charge in [0, 0.05) is 10.4 Å². The number of hydrogen-bond donors (Lipinski definition) is 1. The van der Waals surface area contributed by atoms with E-state index >= 15 is 0 Å². The third-order valence-corrected chi connectivity index (χ3v) is 5.04. The largest absolute Gasteiger partial charge is 0.496 e. The first-order valence-electron chi connectivity index (χ1n) is 7.22. The fourth-order valence-electron chi connectivity index (χ4n) is 2.60. The number of nitrogens with zero attached hydrogens (tertiary/aromatic N) is 2. The van der Waals surface area contributed by atoms with Crippen molar-refractivity contribution in [3.63, 3.8) is 0 Å². The molecule has 114 valence electrons. The van der Waals surface area contributed by atoms with Gasteiger partial charge in [-0.3, -0.25) is 0 Å². The van der Waals surface area contributed by atoms with Gasteiger partial charge in [-0.2, -0.15) is 0 Å². The van der Waals surface area contributed by atoms with Crippen LogP contribution in [0.4, 0.5) is 5.82 Å². The van der Waals surface area contributed by atoms with Crippen LogP contribution in [0.5, 0.6) is 5.75 Å². The Bertz CT molecular complexity index is 813. The number of rotatable bonds is 4. The predicted octanol–water partition coefficient (Wildman–Crippen LogP) is 4.49. The van der Waals surface area contributed by atoms with Gasteiger partial charge in [-0.25, -0.2) is 9.97 Å². The predicted molar refractivity (Wildman–Crippen MR) is 91.9 cm³/mol. The Morgan fingerprint density at radius 3 is 2.73 bits per heavy atom. The molecule has 5 heteroatoms. The average molecular weight is 313 g/mol. The lowest BCUT2D eigenvalue weighted by atomic mass is 10.1. The molecule has 0 aliphatic carbocycles. The highest BCUT2D eigenvalue weighted by Gasteiger charge is 2.16. The molecule has 3 aromatic rings. The van der Waals surface area contributed by atoms with Crippen molar-refractivity contribution in [1.29, 1.82) is 0 Å². The summed E-state index contributed by atoms with van der Waals surface area (Å²) in [4.78, 5) is 11.1. The number of methoxy groups -OCH3 is 1. The summed E-state index contributed by atoms with van der Waals surface area (Å²) in [7, 11) is 1.70. The monoisotopic (exact) mass is 313 g/mol. The standard InChI is InChI=1S/C17H19N3OS/c1-10-12(3)22-17-15(10)16(18-9-19-17)20-11(2)13-7-5-6-8-14(13)21-4/h5-9,11H,1-4H3,(H,18,19,20). The topological polar surface area (TPSA) is 47.0 Å². The van der Waals surface area contributed by atoms with Gasteiger partial charge in [-0.05, 0) is 32.4 Å². The average Bonchev–Trinajstić information content (AvgIpc) is 2.83. The lowest BCUT2D eigenvalue weighted by Crippen LogP contribution is -2.09.